The molecule has 0 unspecified atom stereocenters. The number of nitrogens with one attached hydrogen (secondary N) is 1. The fourth-order valence-corrected chi connectivity index (χ4v) is 4.19. The summed E-state index contributed by atoms with van der Waals surface area (Å²) in [5.41, 5.74) is 0.886. The minimum absolute atomic E-state index is 0. The summed E-state index contributed by atoms with van der Waals surface area (Å²) in [4.78, 5) is 13.6. The molecule has 0 aliphatic carbocycles. The van der Waals surface area contributed by atoms with E-state index in [9.17, 15) is 0 Å². The summed E-state index contributed by atoms with van der Waals surface area (Å²) in [6.45, 7) is 4.56. The summed E-state index contributed by atoms with van der Waals surface area (Å²) in [6, 6.07) is 11.7. The summed E-state index contributed by atoms with van der Waals surface area (Å²) >= 11 is 7.71. The maximum atomic E-state index is 5.92. The molecule has 0 spiro atoms. The molecule has 0 bridgehead atoms. The maximum Gasteiger partial charge on any atom is 0.228 e. The number of aromatic nitrogens is 2. The van der Waals surface area contributed by atoms with E-state index in [4.69, 9.17) is 16.1 Å². The lowest BCUT2D eigenvalue weighted by Gasteiger charge is -2.37. The van der Waals surface area contributed by atoms with Gasteiger partial charge >= 0.3 is 0 Å². The highest BCUT2D eigenvalue weighted by Crippen LogP contribution is 2.22. The molecule has 0 atom stereocenters. The highest BCUT2D eigenvalue weighted by molar-refractivity contribution is 14.0. The largest absolute Gasteiger partial charge is 0.360 e. The van der Waals surface area contributed by atoms with Crippen LogP contribution in [0.2, 0.25) is 5.02 Å². The van der Waals surface area contributed by atoms with Crippen LogP contribution in [0.3, 0.4) is 0 Å². The van der Waals surface area contributed by atoms with Crippen LogP contribution in [0.1, 0.15) is 5.89 Å². The number of benzene rings is 1. The fourth-order valence-electron chi connectivity index (χ4n) is 3.27. The van der Waals surface area contributed by atoms with E-state index in [2.05, 4.69) is 47.8 Å². The van der Waals surface area contributed by atoms with Crippen molar-refractivity contribution < 1.29 is 4.52 Å². The van der Waals surface area contributed by atoms with Crippen molar-refractivity contribution in [1.82, 2.24) is 20.4 Å². The van der Waals surface area contributed by atoms with Crippen LogP contribution >= 0.6 is 46.9 Å². The van der Waals surface area contributed by atoms with Crippen molar-refractivity contribution in [3.05, 3.63) is 52.7 Å². The molecule has 30 heavy (non-hydrogen) atoms. The average molecular weight is 559 g/mol. The SMILES string of the molecule is CN=C(NCCc1nc(-c2ccc(Cl)cc2)no1)N1CCN(c2cccs2)CC1.I. The molecule has 0 radical (unpaired) electrons. The van der Waals surface area contributed by atoms with E-state index in [0.29, 0.717) is 29.7 Å². The molecule has 0 amide bonds. The zero-order valence-electron chi connectivity index (χ0n) is 16.6. The quantitative estimate of drug-likeness (QED) is 0.290. The number of thiophene rings is 1. The van der Waals surface area contributed by atoms with Gasteiger partial charge in [-0.2, -0.15) is 4.98 Å². The first-order valence-electron chi connectivity index (χ1n) is 9.55. The second-order valence-electron chi connectivity index (χ2n) is 6.67. The Hall–Kier alpha value is -1.85. The third-order valence-corrected chi connectivity index (χ3v) is 5.98. The van der Waals surface area contributed by atoms with Crippen molar-refractivity contribution in [3.63, 3.8) is 0 Å². The molecule has 1 N–H and O–H groups in total. The topological polar surface area (TPSA) is 69.8 Å². The number of hydrogen-bond donors (Lipinski definition) is 1. The first-order valence-corrected chi connectivity index (χ1v) is 10.8. The molecule has 7 nitrogen and oxygen atoms in total. The van der Waals surface area contributed by atoms with E-state index in [0.717, 1.165) is 37.7 Å². The van der Waals surface area contributed by atoms with Gasteiger partial charge in [-0.05, 0) is 41.8 Å². The zero-order chi connectivity index (χ0) is 20.1. The Morgan fingerprint density at radius 3 is 2.63 bits per heavy atom. The highest BCUT2D eigenvalue weighted by atomic mass is 127. The Morgan fingerprint density at radius 2 is 1.97 bits per heavy atom. The van der Waals surface area contributed by atoms with Gasteiger partial charge in [0.1, 0.15) is 0 Å². The summed E-state index contributed by atoms with van der Waals surface area (Å²) in [7, 11) is 1.82. The number of halogens is 2. The van der Waals surface area contributed by atoms with E-state index >= 15 is 0 Å². The normalized spacial score (nSPS) is 14.5. The van der Waals surface area contributed by atoms with Crippen LogP contribution in [0.4, 0.5) is 5.00 Å². The molecule has 3 heterocycles. The van der Waals surface area contributed by atoms with E-state index < -0.39 is 0 Å². The van der Waals surface area contributed by atoms with E-state index in [1.54, 1.807) is 11.3 Å². The van der Waals surface area contributed by atoms with Crippen LogP contribution in [0, 0.1) is 0 Å². The number of hydrogen-bond acceptors (Lipinski definition) is 6. The predicted octanol–water partition coefficient (Wildman–Crippen LogP) is 4.01. The molecule has 160 valence electrons. The number of aliphatic imine (C=N–C) groups is 1. The molecule has 1 aromatic carbocycles. The molecular weight excluding hydrogens is 535 g/mol. The summed E-state index contributed by atoms with van der Waals surface area (Å²) in [5.74, 6) is 2.08. The van der Waals surface area contributed by atoms with E-state index in [1.165, 1.54) is 5.00 Å². The second kappa shape index (κ2) is 11.0. The van der Waals surface area contributed by atoms with Crippen molar-refractivity contribution in [2.24, 2.45) is 4.99 Å². The van der Waals surface area contributed by atoms with Gasteiger partial charge in [-0.15, -0.1) is 35.3 Å². The van der Waals surface area contributed by atoms with Crippen molar-refractivity contribution >= 4 is 57.9 Å². The monoisotopic (exact) mass is 558 g/mol. The van der Waals surface area contributed by atoms with Gasteiger partial charge in [-0.25, -0.2) is 0 Å². The molecule has 1 aliphatic heterocycles. The zero-order valence-corrected chi connectivity index (χ0v) is 20.5. The Bertz CT molecular complexity index is 939. The van der Waals surface area contributed by atoms with E-state index in [1.807, 2.05) is 31.3 Å². The molecule has 10 heteroatoms. The van der Waals surface area contributed by atoms with Crippen molar-refractivity contribution in [2.45, 2.75) is 6.42 Å². The molecule has 1 aliphatic rings. The van der Waals surface area contributed by atoms with Gasteiger partial charge in [0, 0.05) is 56.8 Å². The van der Waals surface area contributed by atoms with Crippen molar-refractivity contribution in [2.75, 3.05) is 44.7 Å². The number of nitrogens with zero attached hydrogens (tertiary/aromatic N) is 5. The molecule has 0 saturated carbocycles. The second-order valence-corrected chi connectivity index (χ2v) is 8.03. The standard InChI is InChI=1S/C20H23ClN6OS.HI/c1-22-20(27-12-10-26(11-13-27)18-3-2-14-29-18)23-9-8-17-24-19(25-28-17)15-4-6-16(21)7-5-15;/h2-7,14H,8-13H2,1H3,(H,22,23);1H. The van der Waals surface area contributed by atoms with Crippen LogP contribution < -0.4 is 10.2 Å². The van der Waals surface area contributed by atoms with Gasteiger partial charge < -0.3 is 19.6 Å². The summed E-state index contributed by atoms with van der Waals surface area (Å²) in [5, 5.41) is 11.6. The van der Waals surface area contributed by atoms with Crippen LogP contribution in [0.5, 0.6) is 0 Å². The molecule has 4 rings (SSSR count). The van der Waals surface area contributed by atoms with Gasteiger partial charge in [0.25, 0.3) is 0 Å². The Morgan fingerprint density at radius 1 is 1.20 bits per heavy atom. The Balaban J connectivity index is 0.00000256. The number of piperazine rings is 1. The first-order chi connectivity index (χ1) is 14.2. The van der Waals surface area contributed by atoms with Gasteiger partial charge in [0.2, 0.25) is 11.7 Å². The molecular formula is C20H24ClIN6OS. The van der Waals surface area contributed by atoms with Crippen LogP contribution in [-0.2, 0) is 6.42 Å². The molecule has 2 aromatic heterocycles. The summed E-state index contributed by atoms with van der Waals surface area (Å²) in [6.07, 6.45) is 0.634. The molecule has 1 saturated heterocycles. The maximum absolute atomic E-state index is 5.92. The molecule has 1 fully saturated rings. The number of anilines is 1. The van der Waals surface area contributed by atoms with Gasteiger partial charge in [0.15, 0.2) is 5.96 Å². The van der Waals surface area contributed by atoms with Crippen LogP contribution in [0.15, 0.2) is 51.3 Å². The highest BCUT2D eigenvalue weighted by Gasteiger charge is 2.20. The number of rotatable bonds is 5. The van der Waals surface area contributed by atoms with E-state index in [-0.39, 0.29) is 24.0 Å². The Labute approximate surface area is 202 Å². The van der Waals surface area contributed by atoms with Gasteiger partial charge in [-0.3, -0.25) is 4.99 Å². The van der Waals surface area contributed by atoms with Gasteiger partial charge in [0.05, 0.1) is 5.00 Å². The lowest BCUT2D eigenvalue weighted by Crippen LogP contribution is -2.52. The van der Waals surface area contributed by atoms with Crippen molar-refractivity contribution in [3.8, 4) is 11.4 Å². The van der Waals surface area contributed by atoms with Gasteiger partial charge in [-0.1, -0.05) is 16.8 Å². The fraction of sp³-hybridized carbons (Fsp3) is 0.350. The van der Waals surface area contributed by atoms with Crippen LogP contribution in [0.25, 0.3) is 11.4 Å². The Kier molecular flexibility index (Phi) is 8.34. The third-order valence-electron chi connectivity index (χ3n) is 4.80. The number of guanidine groups is 1. The summed E-state index contributed by atoms with van der Waals surface area (Å²) < 4.78 is 5.37. The third kappa shape index (κ3) is 5.64. The average Bonchev–Trinajstić information content (AvgIpc) is 3.45. The molecule has 3 aromatic rings. The van der Waals surface area contributed by atoms with Crippen LogP contribution in [-0.4, -0.2) is 60.8 Å². The lowest BCUT2D eigenvalue weighted by atomic mass is 10.2. The van der Waals surface area contributed by atoms with Crippen molar-refractivity contribution in [1.29, 1.82) is 0 Å². The minimum Gasteiger partial charge on any atom is -0.360 e. The first kappa shape index (κ1) is 22.8. The smallest absolute Gasteiger partial charge is 0.228 e. The predicted molar refractivity (Wildman–Crippen MR) is 133 cm³/mol. The minimum atomic E-state index is 0. The lowest BCUT2D eigenvalue weighted by molar-refractivity contribution is 0.365.